The van der Waals surface area contributed by atoms with Crippen molar-refractivity contribution in [3.05, 3.63) is 43.9 Å². The Bertz CT molecular complexity index is 584. The molecule has 0 bridgehead atoms. The minimum atomic E-state index is 0.303. The molecule has 94 valence electrons. The first-order valence-electron chi connectivity index (χ1n) is 4.81. The fourth-order valence-corrected chi connectivity index (χ4v) is 2.38. The summed E-state index contributed by atoms with van der Waals surface area (Å²) in [5.74, 6) is 0.500. The second kappa shape index (κ2) is 5.53. The van der Waals surface area contributed by atoms with Gasteiger partial charge in [0.15, 0.2) is 0 Å². The standard InChI is InChI=1S/C11H7BrCl3N3/c12-6-1-2-7(11(15)10(6)14)17-9-4-5(16)3-8(13)18-9/h1-4H,(H3,16,17,18). The first-order chi connectivity index (χ1) is 8.47. The minimum Gasteiger partial charge on any atom is -0.399 e. The van der Waals surface area contributed by atoms with Crippen molar-refractivity contribution in [2.45, 2.75) is 0 Å². The molecule has 0 saturated carbocycles. The van der Waals surface area contributed by atoms with Crippen LogP contribution in [0.1, 0.15) is 0 Å². The lowest BCUT2D eigenvalue weighted by Crippen LogP contribution is -1.97. The molecule has 0 radical (unpaired) electrons. The second-order valence-corrected chi connectivity index (χ2v) is 5.45. The second-order valence-electron chi connectivity index (χ2n) is 3.46. The molecule has 1 aromatic heterocycles. The monoisotopic (exact) mass is 365 g/mol. The molecule has 3 N–H and O–H groups in total. The third-order valence-corrected chi connectivity index (χ3v) is 4.08. The number of nitrogens with zero attached hydrogens (tertiary/aromatic N) is 1. The SMILES string of the molecule is Nc1cc(Cl)nc(Nc2ccc(Br)c(Cl)c2Cl)c1. The molecule has 3 nitrogen and oxygen atoms in total. The molecule has 7 heteroatoms. The summed E-state index contributed by atoms with van der Waals surface area (Å²) in [5.41, 5.74) is 6.81. The van der Waals surface area contributed by atoms with Crippen molar-refractivity contribution < 1.29 is 0 Å². The highest BCUT2D eigenvalue weighted by Crippen LogP contribution is 2.37. The van der Waals surface area contributed by atoms with Crippen molar-refractivity contribution >= 4 is 67.9 Å². The molecule has 2 aromatic rings. The molecule has 2 rings (SSSR count). The van der Waals surface area contributed by atoms with Gasteiger partial charge in [-0.25, -0.2) is 4.98 Å². The van der Waals surface area contributed by atoms with Gasteiger partial charge < -0.3 is 11.1 Å². The van der Waals surface area contributed by atoms with Crippen LogP contribution in [-0.2, 0) is 0 Å². The Labute approximate surface area is 127 Å². The summed E-state index contributed by atoms with van der Waals surface area (Å²) in [6.07, 6.45) is 0. The maximum absolute atomic E-state index is 6.11. The van der Waals surface area contributed by atoms with Crippen molar-refractivity contribution in [2.24, 2.45) is 0 Å². The number of aromatic nitrogens is 1. The van der Waals surface area contributed by atoms with Gasteiger partial charge in [0, 0.05) is 16.2 Å². The number of pyridine rings is 1. The molecule has 0 atom stereocenters. The lowest BCUT2D eigenvalue weighted by atomic mass is 10.3. The number of hydrogen-bond donors (Lipinski definition) is 2. The smallest absolute Gasteiger partial charge is 0.134 e. The van der Waals surface area contributed by atoms with Gasteiger partial charge in [-0.1, -0.05) is 34.8 Å². The minimum absolute atomic E-state index is 0.303. The Balaban J connectivity index is 2.37. The van der Waals surface area contributed by atoms with Crippen LogP contribution in [0.15, 0.2) is 28.7 Å². The van der Waals surface area contributed by atoms with E-state index in [9.17, 15) is 0 Å². The lowest BCUT2D eigenvalue weighted by Gasteiger charge is -2.10. The topological polar surface area (TPSA) is 50.9 Å². The van der Waals surface area contributed by atoms with E-state index in [1.54, 1.807) is 24.3 Å². The highest BCUT2D eigenvalue weighted by atomic mass is 79.9. The van der Waals surface area contributed by atoms with Crippen LogP contribution < -0.4 is 11.1 Å². The van der Waals surface area contributed by atoms with Crippen molar-refractivity contribution in [3.63, 3.8) is 0 Å². The Morgan fingerprint density at radius 3 is 2.50 bits per heavy atom. The molecule has 1 aromatic carbocycles. The molecule has 0 aliphatic heterocycles. The maximum Gasteiger partial charge on any atom is 0.134 e. The Morgan fingerprint density at radius 2 is 1.83 bits per heavy atom. The number of halogens is 4. The van der Waals surface area contributed by atoms with E-state index in [1.807, 2.05) is 0 Å². The van der Waals surface area contributed by atoms with E-state index in [4.69, 9.17) is 40.5 Å². The number of hydrogen-bond acceptors (Lipinski definition) is 3. The van der Waals surface area contributed by atoms with Crippen LogP contribution >= 0.6 is 50.7 Å². The number of benzene rings is 1. The van der Waals surface area contributed by atoms with E-state index in [2.05, 4.69) is 26.2 Å². The molecule has 18 heavy (non-hydrogen) atoms. The molecule has 0 spiro atoms. The van der Waals surface area contributed by atoms with Gasteiger partial charge in [0.2, 0.25) is 0 Å². The average Bonchev–Trinajstić information content (AvgIpc) is 2.29. The number of nitrogens with one attached hydrogen (secondary N) is 1. The average molecular weight is 367 g/mol. The zero-order valence-corrected chi connectivity index (χ0v) is 12.7. The predicted octanol–water partition coefficient (Wildman–Crippen LogP) is 5.13. The van der Waals surface area contributed by atoms with E-state index < -0.39 is 0 Å². The molecule has 0 aliphatic rings. The molecule has 1 heterocycles. The van der Waals surface area contributed by atoms with E-state index in [1.165, 1.54) is 0 Å². The summed E-state index contributed by atoms with van der Waals surface area (Å²) in [6, 6.07) is 6.77. The third-order valence-electron chi connectivity index (χ3n) is 2.11. The normalized spacial score (nSPS) is 10.4. The fourth-order valence-electron chi connectivity index (χ4n) is 1.34. The number of anilines is 3. The van der Waals surface area contributed by atoms with Crippen LogP contribution in [0.4, 0.5) is 17.2 Å². The van der Waals surface area contributed by atoms with Gasteiger partial charge in [0.05, 0.1) is 15.7 Å². The summed E-state index contributed by atoms with van der Waals surface area (Å²) in [6.45, 7) is 0. The molecule has 0 aliphatic carbocycles. The van der Waals surface area contributed by atoms with Crippen LogP contribution in [-0.4, -0.2) is 4.98 Å². The molecule has 0 fully saturated rings. The van der Waals surface area contributed by atoms with E-state index >= 15 is 0 Å². The summed E-state index contributed by atoms with van der Waals surface area (Å²) in [7, 11) is 0. The number of nitrogen functional groups attached to an aromatic ring is 1. The van der Waals surface area contributed by atoms with Crippen LogP contribution in [0.5, 0.6) is 0 Å². The van der Waals surface area contributed by atoms with Gasteiger partial charge in [0.25, 0.3) is 0 Å². The first kappa shape index (κ1) is 13.7. The van der Waals surface area contributed by atoms with Crippen LogP contribution in [0.2, 0.25) is 15.2 Å². The maximum atomic E-state index is 6.11. The lowest BCUT2D eigenvalue weighted by molar-refractivity contribution is 1.31. The van der Waals surface area contributed by atoms with Crippen molar-refractivity contribution in [1.29, 1.82) is 0 Å². The largest absolute Gasteiger partial charge is 0.399 e. The fraction of sp³-hybridized carbons (Fsp3) is 0. The zero-order chi connectivity index (χ0) is 13.3. The summed E-state index contributed by atoms with van der Waals surface area (Å²) in [4.78, 5) is 4.08. The molecule has 0 unspecified atom stereocenters. The summed E-state index contributed by atoms with van der Waals surface area (Å²) < 4.78 is 0.721. The van der Waals surface area contributed by atoms with Crippen molar-refractivity contribution in [1.82, 2.24) is 4.98 Å². The van der Waals surface area contributed by atoms with Crippen LogP contribution in [0.3, 0.4) is 0 Å². The van der Waals surface area contributed by atoms with Gasteiger partial charge in [0.1, 0.15) is 11.0 Å². The quantitative estimate of drug-likeness (QED) is 0.571. The highest BCUT2D eigenvalue weighted by Gasteiger charge is 2.09. The summed E-state index contributed by atoms with van der Waals surface area (Å²) in [5, 5.41) is 4.13. The first-order valence-corrected chi connectivity index (χ1v) is 6.73. The van der Waals surface area contributed by atoms with E-state index in [0.717, 1.165) is 4.47 Å². The van der Waals surface area contributed by atoms with Crippen molar-refractivity contribution in [3.8, 4) is 0 Å². The van der Waals surface area contributed by atoms with E-state index in [0.29, 0.717) is 32.4 Å². The Hall–Kier alpha value is -0.680. The zero-order valence-electron chi connectivity index (χ0n) is 8.85. The molecular weight excluding hydrogens is 360 g/mol. The van der Waals surface area contributed by atoms with Crippen molar-refractivity contribution in [2.75, 3.05) is 11.1 Å². The molecule has 0 saturated heterocycles. The molecular formula is C11H7BrCl3N3. The predicted molar refractivity (Wildman–Crippen MR) is 81.1 cm³/mol. The van der Waals surface area contributed by atoms with Gasteiger partial charge in [-0.15, -0.1) is 0 Å². The van der Waals surface area contributed by atoms with Crippen LogP contribution in [0, 0.1) is 0 Å². The number of rotatable bonds is 2. The summed E-state index contributed by atoms with van der Waals surface area (Å²) >= 11 is 21.2. The van der Waals surface area contributed by atoms with E-state index in [-0.39, 0.29) is 0 Å². The Morgan fingerprint density at radius 1 is 1.11 bits per heavy atom. The third kappa shape index (κ3) is 3.01. The van der Waals surface area contributed by atoms with Crippen LogP contribution in [0.25, 0.3) is 0 Å². The molecule has 0 amide bonds. The number of nitrogens with two attached hydrogens (primary N) is 1. The van der Waals surface area contributed by atoms with Gasteiger partial charge in [-0.05, 0) is 34.1 Å². The van der Waals surface area contributed by atoms with Gasteiger partial charge >= 0.3 is 0 Å². The van der Waals surface area contributed by atoms with Gasteiger partial charge in [-0.2, -0.15) is 0 Å². The Kier molecular flexibility index (Phi) is 4.22. The highest BCUT2D eigenvalue weighted by molar-refractivity contribution is 9.10. The van der Waals surface area contributed by atoms with Gasteiger partial charge in [-0.3, -0.25) is 0 Å².